The molecule has 1 aromatic rings. The molecule has 1 heterocycles. The van der Waals surface area contributed by atoms with Crippen molar-refractivity contribution in [3.63, 3.8) is 0 Å². The molecule has 4 heteroatoms. The third kappa shape index (κ3) is 4.91. The van der Waals surface area contributed by atoms with Gasteiger partial charge in [-0.05, 0) is 25.3 Å². The highest BCUT2D eigenvalue weighted by Crippen LogP contribution is 2.15. The summed E-state index contributed by atoms with van der Waals surface area (Å²) >= 11 is 0. The van der Waals surface area contributed by atoms with E-state index in [0.29, 0.717) is 12.0 Å². The molecular weight excluding hydrogens is 250 g/mol. The Morgan fingerprint density at radius 3 is 2.60 bits per heavy atom. The zero-order chi connectivity index (χ0) is 15.0. The van der Waals surface area contributed by atoms with Crippen LogP contribution in [0.5, 0.6) is 0 Å². The van der Waals surface area contributed by atoms with Crippen molar-refractivity contribution in [2.75, 3.05) is 13.7 Å². The Morgan fingerprint density at radius 1 is 1.30 bits per heavy atom. The van der Waals surface area contributed by atoms with Crippen LogP contribution in [-0.2, 0) is 17.7 Å². The van der Waals surface area contributed by atoms with E-state index >= 15 is 0 Å². The second kappa shape index (κ2) is 9.14. The molecule has 0 spiro atoms. The smallest absolute Gasteiger partial charge is 0.110 e. The van der Waals surface area contributed by atoms with E-state index in [2.05, 4.69) is 48.8 Å². The van der Waals surface area contributed by atoms with Crippen molar-refractivity contribution in [2.24, 2.45) is 5.92 Å². The molecule has 0 aliphatic rings. The van der Waals surface area contributed by atoms with Gasteiger partial charge in [0.1, 0.15) is 5.82 Å². The standard InChI is InChI=1S/C16H31N3O/c1-6-8-17-14(16(20-5)13(3)4)12-15-18-9-11-19(15)10-7-2/h9,11,13-14,16-17H,6-8,10,12H2,1-5H3. The molecule has 20 heavy (non-hydrogen) atoms. The molecule has 0 fully saturated rings. The maximum atomic E-state index is 5.72. The predicted molar refractivity (Wildman–Crippen MR) is 83.9 cm³/mol. The van der Waals surface area contributed by atoms with Crippen molar-refractivity contribution in [2.45, 2.75) is 65.6 Å². The Balaban J connectivity index is 2.79. The number of ether oxygens (including phenoxy) is 1. The van der Waals surface area contributed by atoms with Crippen LogP contribution in [0.3, 0.4) is 0 Å². The summed E-state index contributed by atoms with van der Waals surface area (Å²) in [7, 11) is 1.81. The van der Waals surface area contributed by atoms with Crippen molar-refractivity contribution < 1.29 is 4.74 Å². The Kier molecular flexibility index (Phi) is 7.85. The van der Waals surface area contributed by atoms with Gasteiger partial charge in [0.2, 0.25) is 0 Å². The maximum absolute atomic E-state index is 5.72. The molecule has 1 N–H and O–H groups in total. The van der Waals surface area contributed by atoms with Gasteiger partial charge in [0.25, 0.3) is 0 Å². The molecule has 0 aliphatic heterocycles. The van der Waals surface area contributed by atoms with E-state index in [1.807, 2.05) is 13.3 Å². The summed E-state index contributed by atoms with van der Waals surface area (Å²) in [5.41, 5.74) is 0. The van der Waals surface area contributed by atoms with E-state index in [1.54, 1.807) is 0 Å². The normalized spacial score (nSPS) is 14.7. The van der Waals surface area contributed by atoms with Crippen LogP contribution in [-0.4, -0.2) is 35.4 Å². The average Bonchev–Trinajstić information content (AvgIpc) is 2.84. The lowest BCUT2D eigenvalue weighted by Crippen LogP contribution is -2.46. The third-order valence-electron chi connectivity index (χ3n) is 3.65. The van der Waals surface area contributed by atoms with E-state index in [4.69, 9.17) is 4.74 Å². The zero-order valence-electron chi connectivity index (χ0n) is 13.7. The Bertz CT molecular complexity index is 362. The number of aryl methyl sites for hydroxylation is 1. The SMILES string of the molecule is CCCNC(Cc1nccn1CCC)C(OC)C(C)C. The predicted octanol–water partition coefficient (Wildman–Crippen LogP) is 2.87. The molecule has 4 nitrogen and oxygen atoms in total. The van der Waals surface area contributed by atoms with Crippen LogP contribution >= 0.6 is 0 Å². The molecule has 0 saturated carbocycles. The van der Waals surface area contributed by atoms with Gasteiger partial charge in [0.05, 0.1) is 6.10 Å². The number of rotatable bonds is 10. The van der Waals surface area contributed by atoms with Gasteiger partial charge < -0.3 is 14.6 Å². The summed E-state index contributed by atoms with van der Waals surface area (Å²) in [4.78, 5) is 4.53. The van der Waals surface area contributed by atoms with Gasteiger partial charge in [-0.2, -0.15) is 0 Å². The third-order valence-corrected chi connectivity index (χ3v) is 3.65. The van der Waals surface area contributed by atoms with Gasteiger partial charge in [0, 0.05) is 38.5 Å². The number of nitrogens with zero attached hydrogens (tertiary/aromatic N) is 2. The minimum atomic E-state index is 0.216. The molecule has 2 atom stereocenters. The highest BCUT2D eigenvalue weighted by atomic mass is 16.5. The first-order valence-electron chi connectivity index (χ1n) is 7.90. The van der Waals surface area contributed by atoms with E-state index in [9.17, 15) is 0 Å². The quantitative estimate of drug-likeness (QED) is 0.717. The monoisotopic (exact) mass is 281 g/mol. The van der Waals surface area contributed by atoms with Crippen molar-refractivity contribution in [3.8, 4) is 0 Å². The Labute approximate surface area is 123 Å². The van der Waals surface area contributed by atoms with Gasteiger partial charge >= 0.3 is 0 Å². The van der Waals surface area contributed by atoms with Crippen molar-refractivity contribution in [3.05, 3.63) is 18.2 Å². The summed E-state index contributed by atoms with van der Waals surface area (Å²) in [6.45, 7) is 10.9. The molecule has 0 amide bonds. The van der Waals surface area contributed by atoms with E-state index in [-0.39, 0.29) is 6.10 Å². The number of imidazole rings is 1. The first-order chi connectivity index (χ1) is 9.63. The summed E-state index contributed by atoms with van der Waals surface area (Å²) in [6, 6.07) is 0.318. The molecule has 0 bridgehead atoms. The second-order valence-corrected chi connectivity index (χ2v) is 5.75. The topological polar surface area (TPSA) is 39.1 Å². The minimum absolute atomic E-state index is 0.216. The van der Waals surface area contributed by atoms with Crippen LogP contribution in [0.25, 0.3) is 0 Å². The molecule has 0 radical (unpaired) electrons. The fraction of sp³-hybridized carbons (Fsp3) is 0.812. The van der Waals surface area contributed by atoms with Gasteiger partial charge in [-0.1, -0.05) is 27.7 Å². The molecule has 2 unspecified atom stereocenters. The van der Waals surface area contributed by atoms with Gasteiger partial charge in [-0.25, -0.2) is 4.98 Å². The zero-order valence-corrected chi connectivity index (χ0v) is 13.7. The number of hydrogen-bond donors (Lipinski definition) is 1. The highest BCUT2D eigenvalue weighted by Gasteiger charge is 2.25. The molecule has 1 aromatic heterocycles. The molecule has 0 aromatic carbocycles. The van der Waals surface area contributed by atoms with Crippen LogP contribution in [0.2, 0.25) is 0 Å². The molecule has 0 saturated heterocycles. The number of nitrogens with one attached hydrogen (secondary N) is 1. The van der Waals surface area contributed by atoms with Crippen molar-refractivity contribution >= 4 is 0 Å². The van der Waals surface area contributed by atoms with Crippen LogP contribution in [0.4, 0.5) is 0 Å². The maximum Gasteiger partial charge on any atom is 0.110 e. The van der Waals surface area contributed by atoms with Crippen molar-refractivity contribution in [1.82, 2.24) is 14.9 Å². The lowest BCUT2D eigenvalue weighted by Gasteiger charge is -2.30. The first-order valence-corrected chi connectivity index (χ1v) is 7.90. The van der Waals surface area contributed by atoms with Crippen LogP contribution < -0.4 is 5.32 Å². The molecule has 0 aliphatic carbocycles. The summed E-state index contributed by atoms with van der Waals surface area (Å²) in [5, 5.41) is 3.63. The number of methoxy groups -OCH3 is 1. The largest absolute Gasteiger partial charge is 0.380 e. The molecule has 1 rings (SSSR count). The summed E-state index contributed by atoms with van der Waals surface area (Å²) in [5.74, 6) is 1.65. The second-order valence-electron chi connectivity index (χ2n) is 5.75. The summed E-state index contributed by atoms with van der Waals surface area (Å²) < 4.78 is 7.98. The van der Waals surface area contributed by atoms with E-state index in [1.165, 1.54) is 0 Å². The van der Waals surface area contributed by atoms with E-state index in [0.717, 1.165) is 38.2 Å². The Hall–Kier alpha value is -0.870. The molecule has 116 valence electrons. The summed E-state index contributed by atoms with van der Waals surface area (Å²) in [6.07, 6.45) is 7.38. The number of hydrogen-bond acceptors (Lipinski definition) is 3. The highest BCUT2D eigenvalue weighted by molar-refractivity contribution is 4.98. The van der Waals surface area contributed by atoms with Crippen molar-refractivity contribution in [1.29, 1.82) is 0 Å². The number of aromatic nitrogens is 2. The fourth-order valence-electron chi connectivity index (χ4n) is 2.71. The lowest BCUT2D eigenvalue weighted by molar-refractivity contribution is 0.0325. The van der Waals surface area contributed by atoms with E-state index < -0.39 is 0 Å². The van der Waals surface area contributed by atoms with Crippen LogP contribution in [0.15, 0.2) is 12.4 Å². The fourth-order valence-corrected chi connectivity index (χ4v) is 2.71. The lowest BCUT2D eigenvalue weighted by atomic mass is 9.96. The van der Waals surface area contributed by atoms with Crippen LogP contribution in [0, 0.1) is 5.92 Å². The average molecular weight is 281 g/mol. The Morgan fingerprint density at radius 2 is 2.05 bits per heavy atom. The van der Waals surface area contributed by atoms with Gasteiger partial charge in [0.15, 0.2) is 0 Å². The van der Waals surface area contributed by atoms with Crippen LogP contribution in [0.1, 0.15) is 46.4 Å². The first kappa shape index (κ1) is 17.2. The molecular formula is C16H31N3O. The van der Waals surface area contributed by atoms with Gasteiger partial charge in [-0.15, -0.1) is 0 Å². The van der Waals surface area contributed by atoms with Gasteiger partial charge in [-0.3, -0.25) is 0 Å². The minimum Gasteiger partial charge on any atom is -0.380 e.